The van der Waals surface area contributed by atoms with Gasteiger partial charge in [0.25, 0.3) is 0 Å². The lowest BCUT2D eigenvalue weighted by Crippen LogP contribution is -2.65. The summed E-state index contributed by atoms with van der Waals surface area (Å²) < 4.78 is 22.5. The molecular formula is C49H89NO13. The number of nitrogens with one attached hydrogen (secondary N) is 1. The summed E-state index contributed by atoms with van der Waals surface area (Å²) in [6.07, 6.45) is 24.3. The molecule has 0 aromatic heterocycles. The summed E-state index contributed by atoms with van der Waals surface area (Å²) in [7, 11) is 0. The van der Waals surface area contributed by atoms with Crippen molar-refractivity contribution in [2.45, 2.75) is 248 Å². The summed E-state index contributed by atoms with van der Waals surface area (Å²) in [4.78, 5) is 13.0. The molecule has 2 fully saturated rings. The Kier molecular flexibility index (Phi) is 33.1. The Morgan fingerprint density at radius 2 is 1.06 bits per heavy atom. The van der Waals surface area contributed by atoms with Gasteiger partial charge >= 0.3 is 0 Å². The van der Waals surface area contributed by atoms with Crippen molar-refractivity contribution < 1.29 is 64.6 Å². The molecule has 0 aromatic rings. The van der Waals surface area contributed by atoms with Crippen LogP contribution in [0.25, 0.3) is 0 Å². The number of amides is 1. The second-order valence-electron chi connectivity index (χ2n) is 17.6. The van der Waals surface area contributed by atoms with Crippen LogP contribution in [-0.4, -0.2) is 140 Å². The van der Waals surface area contributed by atoms with Gasteiger partial charge in [-0.2, -0.15) is 0 Å². The summed E-state index contributed by atoms with van der Waals surface area (Å²) in [5.41, 5.74) is 0. The van der Waals surface area contributed by atoms with Crippen molar-refractivity contribution in [1.82, 2.24) is 5.32 Å². The number of rotatable bonds is 37. The fourth-order valence-corrected chi connectivity index (χ4v) is 7.95. The molecule has 0 aromatic carbocycles. The van der Waals surface area contributed by atoms with Gasteiger partial charge in [0.1, 0.15) is 48.8 Å². The molecule has 0 radical (unpaired) electrons. The maximum absolute atomic E-state index is 13.0. The zero-order valence-electron chi connectivity index (χ0n) is 38.8. The van der Waals surface area contributed by atoms with E-state index in [0.717, 1.165) is 44.9 Å². The molecule has 9 N–H and O–H groups in total. The molecule has 14 nitrogen and oxygen atoms in total. The number of aliphatic hydroxyl groups excluding tert-OH is 8. The second-order valence-corrected chi connectivity index (χ2v) is 17.6. The van der Waals surface area contributed by atoms with Crippen LogP contribution in [0.5, 0.6) is 0 Å². The second kappa shape index (κ2) is 36.3. The number of allylic oxidation sites excluding steroid dienone is 5. The number of carbonyl (C=O) groups is 1. The number of hydrogen-bond acceptors (Lipinski definition) is 13. The fraction of sp³-hybridized carbons (Fsp3) is 0.857. The number of aliphatic hydroxyl groups is 8. The van der Waals surface area contributed by atoms with Crippen molar-refractivity contribution >= 4 is 5.91 Å². The molecule has 0 saturated carbocycles. The van der Waals surface area contributed by atoms with E-state index in [-0.39, 0.29) is 18.9 Å². The van der Waals surface area contributed by atoms with E-state index in [1.807, 2.05) is 6.08 Å². The molecule has 0 bridgehead atoms. The molecule has 12 unspecified atom stereocenters. The summed E-state index contributed by atoms with van der Waals surface area (Å²) in [6, 6.07) is -0.909. The van der Waals surface area contributed by atoms with Crippen molar-refractivity contribution in [3.63, 3.8) is 0 Å². The largest absolute Gasteiger partial charge is 0.394 e. The van der Waals surface area contributed by atoms with Gasteiger partial charge < -0.3 is 65.1 Å². The van der Waals surface area contributed by atoms with E-state index in [9.17, 15) is 45.6 Å². The standard InChI is InChI=1S/C49H89NO13/c1-3-5-7-9-10-11-12-13-14-15-16-17-18-19-20-21-22-23-24-25-26-27-28-29-31-33-41(54)50-37(38(53)32-30-8-6-4-2)36-60-48-46(59)44(57)47(40(35-52)62-48)63-49-45(58)43(56)42(55)39(34-51)61-49/h12-13,15-16,30,32,37-40,42-49,51-53,55-59H,3-11,14,17-29,31,33-36H2,1-2H3,(H,50,54)/b13-12-,16-15-,32-30+. The number of ether oxygens (including phenoxy) is 4. The maximum Gasteiger partial charge on any atom is 0.220 e. The minimum Gasteiger partial charge on any atom is -0.394 e. The number of hydrogen-bond donors (Lipinski definition) is 9. The lowest BCUT2D eigenvalue weighted by atomic mass is 9.97. The smallest absolute Gasteiger partial charge is 0.220 e. The Hall–Kier alpha value is -1.79. The third kappa shape index (κ3) is 24.0. The van der Waals surface area contributed by atoms with Crippen LogP contribution in [0.2, 0.25) is 0 Å². The summed E-state index contributed by atoms with van der Waals surface area (Å²) in [6.45, 7) is 2.60. The highest BCUT2D eigenvalue weighted by atomic mass is 16.7. The Labute approximate surface area is 379 Å². The molecule has 0 aliphatic carbocycles. The van der Waals surface area contributed by atoms with Crippen LogP contribution in [0.4, 0.5) is 0 Å². The van der Waals surface area contributed by atoms with Crippen molar-refractivity contribution in [2.75, 3.05) is 19.8 Å². The van der Waals surface area contributed by atoms with E-state index in [2.05, 4.69) is 43.5 Å². The van der Waals surface area contributed by atoms with E-state index >= 15 is 0 Å². The third-order valence-corrected chi connectivity index (χ3v) is 12.1. The fourth-order valence-electron chi connectivity index (χ4n) is 7.95. The first-order valence-electron chi connectivity index (χ1n) is 24.7. The molecule has 2 aliphatic heterocycles. The van der Waals surface area contributed by atoms with Gasteiger partial charge in [0.2, 0.25) is 5.91 Å². The van der Waals surface area contributed by atoms with Crippen molar-refractivity contribution in [3.8, 4) is 0 Å². The first kappa shape index (κ1) is 57.3. The highest BCUT2D eigenvalue weighted by Crippen LogP contribution is 2.30. The van der Waals surface area contributed by atoms with Gasteiger partial charge in [-0.05, 0) is 44.9 Å². The van der Waals surface area contributed by atoms with Crippen molar-refractivity contribution in [2.24, 2.45) is 0 Å². The van der Waals surface area contributed by atoms with Gasteiger partial charge in [0.05, 0.1) is 32.0 Å². The average Bonchev–Trinajstić information content (AvgIpc) is 3.28. The molecule has 2 heterocycles. The average molecular weight is 900 g/mol. The normalized spacial score (nSPS) is 27.8. The van der Waals surface area contributed by atoms with Crippen LogP contribution in [-0.2, 0) is 23.7 Å². The first-order valence-corrected chi connectivity index (χ1v) is 24.7. The van der Waals surface area contributed by atoms with Crippen LogP contribution in [0.1, 0.15) is 174 Å². The number of carbonyl (C=O) groups excluding carboxylic acids is 1. The van der Waals surface area contributed by atoms with Gasteiger partial charge in [0.15, 0.2) is 12.6 Å². The Bertz CT molecular complexity index is 1200. The lowest BCUT2D eigenvalue weighted by molar-refractivity contribution is -0.359. The highest BCUT2D eigenvalue weighted by molar-refractivity contribution is 5.76. The first-order chi connectivity index (χ1) is 30.6. The zero-order chi connectivity index (χ0) is 46.1. The molecule has 2 aliphatic rings. The molecule has 1 amide bonds. The van der Waals surface area contributed by atoms with E-state index in [1.54, 1.807) is 6.08 Å². The monoisotopic (exact) mass is 900 g/mol. The van der Waals surface area contributed by atoms with E-state index in [4.69, 9.17) is 18.9 Å². The summed E-state index contributed by atoms with van der Waals surface area (Å²) in [5.74, 6) is -0.251. The van der Waals surface area contributed by atoms with Gasteiger partial charge in [-0.1, -0.05) is 159 Å². The maximum atomic E-state index is 13.0. The third-order valence-electron chi connectivity index (χ3n) is 12.1. The minimum atomic E-state index is -1.78. The zero-order valence-corrected chi connectivity index (χ0v) is 38.8. The van der Waals surface area contributed by atoms with Crippen LogP contribution >= 0.6 is 0 Å². The van der Waals surface area contributed by atoms with Gasteiger partial charge in [-0.3, -0.25) is 4.79 Å². The Balaban J connectivity index is 1.64. The van der Waals surface area contributed by atoms with Crippen LogP contribution in [0.15, 0.2) is 36.5 Å². The Morgan fingerprint density at radius 3 is 1.62 bits per heavy atom. The van der Waals surface area contributed by atoms with Crippen LogP contribution < -0.4 is 5.32 Å². The van der Waals surface area contributed by atoms with Crippen LogP contribution in [0.3, 0.4) is 0 Å². The van der Waals surface area contributed by atoms with Crippen molar-refractivity contribution in [1.29, 1.82) is 0 Å². The molecule has 2 rings (SSSR count). The highest BCUT2D eigenvalue weighted by Gasteiger charge is 2.51. The quantitative estimate of drug-likeness (QED) is 0.0261. The topological polar surface area (TPSA) is 228 Å². The molecular weight excluding hydrogens is 811 g/mol. The molecule has 63 heavy (non-hydrogen) atoms. The van der Waals surface area contributed by atoms with Crippen molar-refractivity contribution in [3.05, 3.63) is 36.5 Å². The van der Waals surface area contributed by atoms with E-state index in [0.29, 0.717) is 6.42 Å². The van der Waals surface area contributed by atoms with E-state index in [1.165, 1.54) is 103 Å². The van der Waals surface area contributed by atoms with Gasteiger partial charge in [0, 0.05) is 6.42 Å². The predicted octanol–water partition coefficient (Wildman–Crippen LogP) is 5.93. The van der Waals surface area contributed by atoms with Crippen LogP contribution in [0, 0.1) is 0 Å². The molecule has 0 spiro atoms. The molecule has 12 atom stereocenters. The van der Waals surface area contributed by atoms with Gasteiger partial charge in [-0.15, -0.1) is 0 Å². The molecule has 14 heteroatoms. The predicted molar refractivity (Wildman–Crippen MR) is 244 cm³/mol. The summed E-state index contributed by atoms with van der Waals surface area (Å²) >= 11 is 0. The Morgan fingerprint density at radius 1 is 0.571 bits per heavy atom. The lowest BCUT2D eigenvalue weighted by Gasteiger charge is -2.46. The molecule has 368 valence electrons. The SMILES string of the molecule is CCCC/C=C/C(O)C(COC1OC(CO)C(OC2OC(CO)C(O)C(O)C2O)C(O)C1O)NC(=O)CCCCCCCCCCCCCCC/C=C\C/C=C\CCCCCCC. The number of unbranched alkanes of at least 4 members (excludes halogenated alkanes) is 20. The molecule has 2 saturated heterocycles. The van der Waals surface area contributed by atoms with E-state index < -0.39 is 86.8 Å². The minimum absolute atomic E-state index is 0.251. The van der Waals surface area contributed by atoms with Gasteiger partial charge in [-0.25, -0.2) is 0 Å². The summed E-state index contributed by atoms with van der Waals surface area (Å²) in [5, 5.41) is 86.0.